The van der Waals surface area contributed by atoms with Crippen molar-refractivity contribution >= 4 is 0 Å². The summed E-state index contributed by atoms with van der Waals surface area (Å²) in [5.74, 6) is 1.46. The Bertz CT molecular complexity index is 413. The van der Waals surface area contributed by atoms with Crippen molar-refractivity contribution in [2.75, 3.05) is 20.7 Å². The van der Waals surface area contributed by atoms with Crippen LogP contribution in [0, 0.1) is 5.92 Å². The van der Waals surface area contributed by atoms with E-state index in [1.165, 1.54) is 5.56 Å². The van der Waals surface area contributed by atoms with E-state index in [4.69, 9.17) is 10.5 Å². The third-order valence-corrected chi connectivity index (χ3v) is 4.19. The Labute approximate surface area is 121 Å². The number of rotatable bonds is 6. The van der Waals surface area contributed by atoms with E-state index >= 15 is 0 Å². The first-order valence-electron chi connectivity index (χ1n) is 7.29. The number of methoxy groups -OCH3 is 1. The highest BCUT2D eigenvalue weighted by atomic mass is 16.5. The van der Waals surface area contributed by atoms with Crippen molar-refractivity contribution in [1.29, 1.82) is 0 Å². The van der Waals surface area contributed by atoms with Crippen LogP contribution in [0.15, 0.2) is 24.3 Å². The molecule has 1 aromatic carbocycles. The summed E-state index contributed by atoms with van der Waals surface area (Å²) in [5.41, 5.74) is 7.39. The largest absolute Gasteiger partial charge is 0.497 e. The Balaban J connectivity index is 2.04. The summed E-state index contributed by atoms with van der Waals surface area (Å²) in [6.45, 7) is 3.02. The van der Waals surface area contributed by atoms with Crippen LogP contribution in [0.5, 0.6) is 5.75 Å². The Hall–Kier alpha value is -1.10. The highest BCUT2D eigenvalue weighted by molar-refractivity contribution is 5.29. The molecule has 0 bridgehead atoms. The fourth-order valence-electron chi connectivity index (χ4n) is 3.13. The molecule has 1 aliphatic carbocycles. The molecular formula is C16H26N2O2. The van der Waals surface area contributed by atoms with Gasteiger partial charge in [0.25, 0.3) is 0 Å². The van der Waals surface area contributed by atoms with E-state index in [9.17, 15) is 5.11 Å². The first-order valence-corrected chi connectivity index (χ1v) is 7.29. The van der Waals surface area contributed by atoms with Gasteiger partial charge in [0.2, 0.25) is 0 Å². The van der Waals surface area contributed by atoms with Gasteiger partial charge >= 0.3 is 0 Å². The van der Waals surface area contributed by atoms with Crippen LogP contribution in [-0.4, -0.2) is 42.9 Å². The molecule has 1 aromatic rings. The van der Waals surface area contributed by atoms with Crippen LogP contribution in [0.3, 0.4) is 0 Å². The van der Waals surface area contributed by atoms with Gasteiger partial charge in [0, 0.05) is 18.6 Å². The van der Waals surface area contributed by atoms with E-state index in [0.717, 1.165) is 25.1 Å². The fourth-order valence-corrected chi connectivity index (χ4v) is 3.13. The average Bonchev–Trinajstić information content (AvgIpc) is 2.37. The van der Waals surface area contributed by atoms with Gasteiger partial charge in [-0.15, -0.1) is 0 Å². The van der Waals surface area contributed by atoms with Crippen molar-refractivity contribution in [2.24, 2.45) is 11.7 Å². The molecule has 3 N–H and O–H groups in total. The smallest absolute Gasteiger partial charge is 0.118 e. The average molecular weight is 278 g/mol. The van der Waals surface area contributed by atoms with Crippen molar-refractivity contribution in [3.05, 3.63) is 29.8 Å². The second-order valence-corrected chi connectivity index (χ2v) is 6.01. The fraction of sp³-hybridized carbons (Fsp3) is 0.625. The lowest BCUT2D eigenvalue weighted by Gasteiger charge is -2.39. The number of hydrogen-bond donors (Lipinski definition) is 2. The first-order chi connectivity index (χ1) is 9.51. The van der Waals surface area contributed by atoms with Crippen LogP contribution >= 0.6 is 0 Å². The van der Waals surface area contributed by atoms with Gasteiger partial charge in [-0.25, -0.2) is 0 Å². The van der Waals surface area contributed by atoms with E-state index in [2.05, 4.69) is 24.1 Å². The molecule has 0 radical (unpaired) electrons. The van der Waals surface area contributed by atoms with Crippen molar-refractivity contribution in [1.82, 2.24) is 4.90 Å². The number of ether oxygens (including phenoxy) is 1. The maximum Gasteiger partial charge on any atom is 0.118 e. The van der Waals surface area contributed by atoms with Gasteiger partial charge in [-0.3, -0.25) is 4.90 Å². The van der Waals surface area contributed by atoms with Crippen LogP contribution in [-0.2, 0) is 0 Å². The van der Waals surface area contributed by atoms with Gasteiger partial charge in [-0.05, 0) is 50.4 Å². The molecule has 2 unspecified atom stereocenters. The Morgan fingerprint density at radius 2 is 1.95 bits per heavy atom. The summed E-state index contributed by atoms with van der Waals surface area (Å²) in [4.78, 5) is 2.31. The second-order valence-electron chi connectivity index (χ2n) is 6.01. The Morgan fingerprint density at radius 3 is 2.40 bits per heavy atom. The zero-order chi connectivity index (χ0) is 14.7. The number of aliphatic hydroxyl groups excluding tert-OH is 1. The molecule has 1 aliphatic rings. The predicted octanol–water partition coefficient (Wildman–Crippen LogP) is 1.79. The number of nitrogens with zero attached hydrogens (tertiary/aromatic N) is 1. The first kappa shape index (κ1) is 15.3. The van der Waals surface area contributed by atoms with Crippen LogP contribution < -0.4 is 10.5 Å². The maximum absolute atomic E-state index is 9.40. The van der Waals surface area contributed by atoms with E-state index in [0.29, 0.717) is 5.92 Å². The lowest BCUT2D eigenvalue weighted by atomic mass is 9.81. The maximum atomic E-state index is 9.40. The molecule has 2 rings (SSSR count). The summed E-state index contributed by atoms with van der Waals surface area (Å²) < 4.78 is 5.20. The van der Waals surface area contributed by atoms with Gasteiger partial charge in [0.05, 0.1) is 13.2 Å². The minimum Gasteiger partial charge on any atom is -0.497 e. The highest BCUT2D eigenvalue weighted by Crippen LogP contribution is 2.31. The third-order valence-electron chi connectivity index (χ3n) is 4.19. The molecule has 0 saturated heterocycles. The molecule has 0 heterocycles. The second kappa shape index (κ2) is 6.57. The summed E-state index contributed by atoms with van der Waals surface area (Å²) in [6, 6.07) is 8.37. The number of nitrogens with two attached hydrogens (primary N) is 1. The molecule has 112 valence electrons. The van der Waals surface area contributed by atoms with Crippen LogP contribution in [0.2, 0.25) is 0 Å². The molecule has 4 nitrogen and oxygen atoms in total. The number of hydrogen-bond acceptors (Lipinski definition) is 4. The summed E-state index contributed by atoms with van der Waals surface area (Å²) >= 11 is 0. The summed E-state index contributed by atoms with van der Waals surface area (Å²) in [7, 11) is 3.79. The molecule has 2 atom stereocenters. The number of aliphatic hydroxyl groups is 1. The molecule has 1 fully saturated rings. The SMILES string of the molecule is COc1ccc(C(C(C)N)N(C)CC2CC(O)C2)cc1. The standard InChI is InChI=1S/C16H26N2O2/c1-11(17)16(13-4-6-15(20-3)7-5-13)18(2)10-12-8-14(19)9-12/h4-7,11-12,14,16,19H,8-10,17H2,1-3H3. The molecule has 0 aliphatic heterocycles. The normalized spacial score (nSPS) is 25.1. The minimum absolute atomic E-state index is 0.0541. The summed E-state index contributed by atoms with van der Waals surface area (Å²) in [6.07, 6.45) is 1.74. The van der Waals surface area contributed by atoms with Crippen molar-refractivity contribution in [3.63, 3.8) is 0 Å². The zero-order valence-corrected chi connectivity index (χ0v) is 12.6. The Kier molecular flexibility index (Phi) is 5.02. The predicted molar refractivity (Wildman–Crippen MR) is 80.7 cm³/mol. The number of benzene rings is 1. The topological polar surface area (TPSA) is 58.7 Å². The molecule has 1 saturated carbocycles. The lowest BCUT2D eigenvalue weighted by Crippen LogP contribution is -2.43. The highest BCUT2D eigenvalue weighted by Gasteiger charge is 2.31. The van der Waals surface area contributed by atoms with Crippen LogP contribution in [0.1, 0.15) is 31.4 Å². The van der Waals surface area contributed by atoms with Gasteiger partial charge in [-0.2, -0.15) is 0 Å². The van der Waals surface area contributed by atoms with Crippen molar-refractivity contribution in [3.8, 4) is 5.75 Å². The molecular weight excluding hydrogens is 252 g/mol. The number of likely N-dealkylation sites (N-methyl/N-ethyl adjacent to an activating group) is 1. The lowest BCUT2D eigenvalue weighted by molar-refractivity contribution is 0.0203. The monoisotopic (exact) mass is 278 g/mol. The molecule has 0 aromatic heterocycles. The van der Waals surface area contributed by atoms with Crippen molar-refractivity contribution < 1.29 is 9.84 Å². The quantitative estimate of drug-likeness (QED) is 0.833. The van der Waals surface area contributed by atoms with E-state index in [-0.39, 0.29) is 18.2 Å². The van der Waals surface area contributed by atoms with Gasteiger partial charge in [-0.1, -0.05) is 12.1 Å². The zero-order valence-electron chi connectivity index (χ0n) is 12.6. The minimum atomic E-state index is -0.0943. The summed E-state index contributed by atoms with van der Waals surface area (Å²) in [5, 5.41) is 9.40. The third kappa shape index (κ3) is 3.51. The molecule has 20 heavy (non-hydrogen) atoms. The van der Waals surface area contributed by atoms with Crippen LogP contribution in [0.25, 0.3) is 0 Å². The van der Waals surface area contributed by atoms with E-state index in [1.54, 1.807) is 7.11 Å². The molecule has 0 amide bonds. The van der Waals surface area contributed by atoms with E-state index < -0.39 is 0 Å². The van der Waals surface area contributed by atoms with Gasteiger partial charge in [0.1, 0.15) is 5.75 Å². The van der Waals surface area contributed by atoms with Gasteiger partial charge < -0.3 is 15.6 Å². The molecule has 4 heteroatoms. The van der Waals surface area contributed by atoms with E-state index in [1.807, 2.05) is 19.1 Å². The molecule has 0 spiro atoms. The Morgan fingerprint density at radius 1 is 1.35 bits per heavy atom. The van der Waals surface area contributed by atoms with Crippen LogP contribution in [0.4, 0.5) is 0 Å². The van der Waals surface area contributed by atoms with Gasteiger partial charge in [0.15, 0.2) is 0 Å². The van der Waals surface area contributed by atoms with Crippen molar-refractivity contribution in [2.45, 2.75) is 38.0 Å².